The van der Waals surface area contributed by atoms with Gasteiger partial charge in [-0.25, -0.2) is 14.4 Å². The van der Waals surface area contributed by atoms with Crippen molar-refractivity contribution in [3.8, 4) is 17.0 Å². The second kappa shape index (κ2) is 5.22. The van der Waals surface area contributed by atoms with E-state index in [4.69, 9.17) is 4.74 Å². The van der Waals surface area contributed by atoms with E-state index in [2.05, 4.69) is 15.3 Å². The molecule has 5 heteroatoms. The van der Waals surface area contributed by atoms with Gasteiger partial charge in [0.1, 0.15) is 17.8 Å². The number of aromatic nitrogens is 2. The Bertz CT molecular complexity index is 591. The molecule has 19 heavy (non-hydrogen) atoms. The number of methoxy groups -OCH3 is 1. The zero-order valence-corrected chi connectivity index (χ0v) is 11.4. The molecule has 0 amide bonds. The summed E-state index contributed by atoms with van der Waals surface area (Å²) in [6.07, 6.45) is 1.39. The predicted molar refractivity (Wildman–Crippen MR) is 73.0 cm³/mol. The first-order valence-corrected chi connectivity index (χ1v) is 5.92. The van der Waals surface area contributed by atoms with E-state index in [0.29, 0.717) is 22.8 Å². The number of nitrogens with one attached hydrogen (secondary N) is 1. The van der Waals surface area contributed by atoms with Crippen LogP contribution in [-0.2, 0) is 0 Å². The summed E-state index contributed by atoms with van der Waals surface area (Å²) >= 11 is 0. The maximum atomic E-state index is 14.2. The van der Waals surface area contributed by atoms with Crippen molar-refractivity contribution in [2.45, 2.75) is 13.8 Å². The van der Waals surface area contributed by atoms with Crippen molar-refractivity contribution in [1.29, 1.82) is 0 Å². The maximum absolute atomic E-state index is 14.2. The standard InChI is InChI=1S/C14H16FN3O/c1-8-5-9(2)11(10(15)6-8)12-13(19-4)14(16-3)18-7-17-12/h5-7H,1-4H3,(H,16,17,18). The molecule has 0 fully saturated rings. The number of ether oxygens (including phenoxy) is 1. The van der Waals surface area contributed by atoms with Crippen LogP contribution in [0.5, 0.6) is 5.75 Å². The summed E-state index contributed by atoms with van der Waals surface area (Å²) in [5.41, 5.74) is 2.59. The first-order chi connectivity index (χ1) is 9.08. The Hall–Kier alpha value is -2.17. The molecule has 1 aromatic heterocycles. The van der Waals surface area contributed by atoms with Gasteiger partial charge in [0.25, 0.3) is 0 Å². The van der Waals surface area contributed by atoms with Crippen molar-refractivity contribution < 1.29 is 9.13 Å². The summed E-state index contributed by atoms with van der Waals surface area (Å²) in [7, 11) is 3.25. The number of aryl methyl sites for hydroxylation is 2. The molecule has 0 aliphatic rings. The minimum atomic E-state index is -0.309. The minimum absolute atomic E-state index is 0.309. The number of nitrogens with zero attached hydrogens (tertiary/aromatic N) is 2. The molecule has 4 nitrogen and oxygen atoms in total. The average Bonchev–Trinajstić information content (AvgIpc) is 2.37. The van der Waals surface area contributed by atoms with Gasteiger partial charge in [-0.3, -0.25) is 0 Å². The highest BCUT2D eigenvalue weighted by Crippen LogP contribution is 2.36. The average molecular weight is 261 g/mol. The highest BCUT2D eigenvalue weighted by Gasteiger charge is 2.18. The summed E-state index contributed by atoms with van der Waals surface area (Å²) in [5.74, 6) is 0.666. The summed E-state index contributed by atoms with van der Waals surface area (Å²) in [5, 5.41) is 2.91. The molecule has 0 atom stereocenters. The Morgan fingerprint density at radius 3 is 2.53 bits per heavy atom. The van der Waals surface area contributed by atoms with Crippen molar-refractivity contribution in [3.05, 3.63) is 35.4 Å². The lowest BCUT2D eigenvalue weighted by molar-refractivity contribution is 0.414. The molecular formula is C14H16FN3O. The van der Waals surface area contributed by atoms with Gasteiger partial charge in [0.15, 0.2) is 11.6 Å². The molecule has 0 saturated heterocycles. The van der Waals surface area contributed by atoms with Crippen LogP contribution in [0, 0.1) is 19.7 Å². The van der Waals surface area contributed by atoms with Crippen LogP contribution in [0.1, 0.15) is 11.1 Å². The maximum Gasteiger partial charge on any atom is 0.187 e. The smallest absolute Gasteiger partial charge is 0.187 e. The summed E-state index contributed by atoms with van der Waals surface area (Å²) in [4.78, 5) is 8.22. The fourth-order valence-electron chi connectivity index (χ4n) is 2.14. The molecule has 0 aliphatic heterocycles. The lowest BCUT2D eigenvalue weighted by Crippen LogP contribution is -2.02. The van der Waals surface area contributed by atoms with E-state index in [-0.39, 0.29) is 5.82 Å². The third-order valence-corrected chi connectivity index (χ3v) is 2.91. The fourth-order valence-corrected chi connectivity index (χ4v) is 2.14. The van der Waals surface area contributed by atoms with Crippen molar-refractivity contribution in [2.75, 3.05) is 19.5 Å². The lowest BCUT2D eigenvalue weighted by atomic mass is 10.0. The van der Waals surface area contributed by atoms with Gasteiger partial charge < -0.3 is 10.1 Å². The van der Waals surface area contributed by atoms with Crippen LogP contribution < -0.4 is 10.1 Å². The number of anilines is 1. The van der Waals surface area contributed by atoms with Crippen molar-refractivity contribution in [2.24, 2.45) is 0 Å². The molecule has 0 spiro atoms. The predicted octanol–water partition coefficient (Wildman–Crippen LogP) is 2.95. The number of halogens is 1. The Morgan fingerprint density at radius 1 is 1.21 bits per heavy atom. The Balaban J connectivity index is 2.72. The molecule has 1 N–H and O–H groups in total. The van der Waals surface area contributed by atoms with E-state index in [9.17, 15) is 4.39 Å². The Labute approximate surface area is 111 Å². The normalized spacial score (nSPS) is 10.4. The van der Waals surface area contributed by atoms with Gasteiger partial charge in [0, 0.05) is 12.6 Å². The first-order valence-electron chi connectivity index (χ1n) is 5.92. The summed E-state index contributed by atoms with van der Waals surface area (Å²) < 4.78 is 19.5. The zero-order chi connectivity index (χ0) is 14.0. The van der Waals surface area contributed by atoms with Crippen LogP contribution in [0.15, 0.2) is 18.5 Å². The van der Waals surface area contributed by atoms with Crippen LogP contribution in [-0.4, -0.2) is 24.1 Å². The van der Waals surface area contributed by atoms with Crippen LogP contribution >= 0.6 is 0 Å². The van der Waals surface area contributed by atoms with Gasteiger partial charge in [0.2, 0.25) is 0 Å². The molecular weight excluding hydrogens is 245 g/mol. The minimum Gasteiger partial charge on any atom is -0.491 e. The molecule has 0 aliphatic carbocycles. The van der Waals surface area contributed by atoms with E-state index >= 15 is 0 Å². The topological polar surface area (TPSA) is 47.0 Å². The third-order valence-electron chi connectivity index (χ3n) is 2.91. The summed E-state index contributed by atoms with van der Waals surface area (Å²) in [6, 6.07) is 3.40. The lowest BCUT2D eigenvalue weighted by Gasteiger charge is -2.14. The molecule has 0 unspecified atom stereocenters. The van der Waals surface area contributed by atoms with Crippen LogP contribution in [0.25, 0.3) is 11.3 Å². The molecule has 100 valence electrons. The molecule has 0 radical (unpaired) electrons. The Kier molecular flexibility index (Phi) is 3.64. The summed E-state index contributed by atoms with van der Waals surface area (Å²) in [6.45, 7) is 3.71. The van der Waals surface area contributed by atoms with Crippen LogP contribution in [0.3, 0.4) is 0 Å². The number of hydrogen-bond donors (Lipinski definition) is 1. The van der Waals surface area contributed by atoms with E-state index < -0.39 is 0 Å². The van der Waals surface area contributed by atoms with Gasteiger partial charge in [-0.05, 0) is 31.0 Å². The van der Waals surface area contributed by atoms with Crippen LogP contribution in [0.4, 0.5) is 10.2 Å². The highest BCUT2D eigenvalue weighted by molar-refractivity contribution is 5.75. The van der Waals surface area contributed by atoms with Crippen molar-refractivity contribution >= 4 is 5.82 Å². The van der Waals surface area contributed by atoms with E-state index in [1.165, 1.54) is 19.5 Å². The monoisotopic (exact) mass is 261 g/mol. The van der Waals surface area contributed by atoms with Gasteiger partial charge in [-0.1, -0.05) is 6.07 Å². The van der Waals surface area contributed by atoms with Crippen molar-refractivity contribution in [1.82, 2.24) is 9.97 Å². The molecule has 2 rings (SSSR count). The number of rotatable bonds is 3. The third kappa shape index (κ3) is 2.36. The largest absolute Gasteiger partial charge is 0.491 e. The van der Waals surface area contributed by atoms with Crippen molar-refractivity contribution in [3.63, 3.8) is 0 Å². The molecule has 0 bridgehead atoms. The molecule has 1 aromatic carbocycles. The molecule has 0 saturated carbocycles. The quantitative estimate of drug-likeness (QED) is 0.922. The van der Waals surface area contributed by atoms with Crippen LogP contribution in [0.2, 0.25) is 0 Å². The molecule has 2 aromatic rings. The number of benzene rings is 1. The first kappa shape index (κ1) is 13.3. The van der Waals surface area contributed by atoms with Gasteiger partial charge in [0.05, 0.1) is 7.11 Å². The fraction of sp³-hybridized carbons (Fsp3) is 0.286. The van der Waals surface area contributed by atoms with E-state index in [1.54, 1.807) is 7.05 Å². The highest BCUT2D eigenvalue weighted by atomic mass is 19.1. The van der Waals surface area contributed by atoms with E-state index in [0.717, 1.165) is 11.1 Å². The molecule has 1 heterocycles. The van der Waals surface area contributed by atoms with Gasteiger partial charge in [-0.15, -0.1) is 0 Å². The zero-order valence-electron chi connectivity index (χ0n) is 11.4. The van der Waals surface area contributed by atoms with Gasteiger partial charge in [-0.2, -0.15) is 0 Å². The van der Waals surface area contributed by atoms with Gasteiger partial charge >= 0.3 is 0 Å². The Morgan fingerprint density at radius 2 is 1.95 bits per heavy atom. The second-order valence-corrected chi connectivity index (χ2v) is 4.29. The SMILES string of the molecule is CNc1ncnc(-c2c(C)cc(C)cc2F)c1OC. The van der Waals surface area contributed by atoms with E-state index in [1.807, 2.05) is 19.9 Å². The number of hydrogen-bond acceptors (Lipinski definition) is 4. The second-order valence-electron chi connectivity index (χ2n) is 4.29.